The third kappa shape index (κ3) is 4.49. The molecule has 1 amide bonds. The van der Waals surface area contributed by atoms with Gasteiger partial charge in [0.05, 0.1) is 10.6 Å². The lowest BCUT2D eigenvalue weighted by Gasteiger charge is -2.22. The average molecular weight is 295 g/mol. The summed E-state index contributed by atoms with van der Waals surface area (Å²) < 4.78 is 13.5. The number of hydrogen-bond acceptors (Lipinski definition) is 4. The zero-order valence-corrected chi connectivity index (χ0v) is 11.6. The minimum Gasteiger partial charge on any atom is -0.323 e. The Balaban J connectivity index is 1.89. The molecule has 0 aromatic heterocycles. The molecule has 2 N–H and O–H groups in total. The maximum atomic E-state index is 13.5. The van der Waals surface area contributed by atoms with Gasteiger partial charge in [-0.3, -0.25) is 14.9 Å². The van der Waals surface area contributed by atoms with Crippen molar-refractivity contribution in [1.29, 1.82) is 0 Å². The van der Waals surface area contributed by atoms with E-state index in [0.29, 0.717) is 12.3 Å². The van der Waals surface area contributed by atoms with Crippen LogP contribution in [0.25, 0.3) is 0 Å². The van der Waals surface area contributed by atoms with Crippen LogP contribution in [0, 0.1) is 21.8 Å². The van der Waals surface area contributed by atoms with Crippen molar-refractivity contribution in [3.05, 3.63) is 34.1 Å². The summed E-state index contributed by atoms with van der Waals surface area (Å²) >= 11 is 0. The number of piperidine rings is 1. The van der Waals surface area contributed by atoms with Gasteiger partial charge in [0, 0.05) is 18.6 Å². The summed E-state index contributed by atoms with van der Waals surface area (Å²) in [5.74, 6) is -0.476. The van der Waals surface area contributed by atoms with E-state index in [-0.39, 0.29) is 17.3 Å². The molecule has 0 radical (unpaired) electrons. The second kappa shape index (κ2) is 7.12. The van der Waals surface area contributed by atoms with Gasteiger partial charge >= 0.3 is 0 Å². The van der Waals surface area contributed by atoms with Gasteiger partial charge in [0.25, 0.3) is 5.69 Å². The van der Waals surface area contributed by atoms with E-state index >= 15 is 0 Å². The number of carbonyl (C=O) groups is 1. The molecule has 1 aliphatic heterocycles. The quantitative estimate of drug-likeness (QED) is 0.645. The number of nitro benzene ring substituents is 1. The van der Waals surface area contributed by atoms with E-state index in [2.05, 4.69) is 10.6 Å². The molecule has 21 heavy (non-hydrogen) atoms. The topological polar surface area (TPSA) is 84.3 Å². The van der Waals surface area contributed by atoms with Crippen molar-refractivity contribution in [2.75, 3.05) is 18.4 Å². The molecule has 1 aromatic carbocycles. The molecular weight excluding hydrogens is 277 g/mol. The van der Waals surface area contributed by atoms with Crippen LogP contribution in [0.5, 0.6) is 0 Å². The molecule has 1 heterocycles. The summed E-state index contributed by atoms with van der Waals surface area (Å²) in [6.07, 6.45) is 3.13. The summed E-state index contributed by atoms with van der Waals surface area (Å²) in [6.45, 7) is 1.93. The summed E-state index contributed by atoms with van der Waals surface area (Å²) in [5.41, 5.74) is -0.385. The molecule has 0 bridgehead atoms. The normalized spacial score (nSPS) is 15.7. The highest BCUT2D eigenvalue weighted by atomic mass is 19.1. The molecule has 114 valence electrons. The number of benzene rings is 1. The first-order valence-electron chi connectivity index (χ1n) is 7.01. The molecule has 0 saturated carbocycles. The number of nitrogens with zero attached hydrogens (tertiary/aromatic N) is 1. The van der Waals surface area contributed by atoms with Gasteiger partial charge in [-0.15, -0.1) is 0 Å². The Hall–Kier alpha value is -2.02. The van der Waals surface area contributed by atoms with Crippen LogP contribution in [0.15, 0.2) is 18.2 Å². The molecule has 2 rings (SSSR count). The summed E-state index contributed by atoms with van der Waals surface area (Å²) in [5, 5.41) is 16.3. The fourth-order valence-electron chi connectivity index (χ4n) is 2.44. The van der Waals surface area contributed by atoms with Crippen molar-refractivity contribution < 1.29 is 14.1 Å². The Labute approximate surface area is 121 Å². The highest BCUT2D eigenvalue weighted by molar-refractivity contribution is 5.91. The monoisotopic (exact) mass is 295 g/mol. The standard InChI is InChI=1S/C14H18FN3O3/c15-12-3-2-11(18(20)21)9-13(12)17-14(19)4-1-10-5-7-16-8-6-10/h2-3,9-10,16H,1,4-8H2,(H,17,19). The molecule has 1 fully saturated rings. The number of amides is 1. The molecule has 0 unspecified atom stereocenters. The number of anilines is 1. The van der Waals surface area contributed by atoms with E-state index in [0.717, 1.165) is 50.6 Å². The van der Waals surface area contributed by atoms with Crippen molar-refractivity contribution >= 4 is 17.3 Å². The predicted octanol–water partition coefficient (Wildman–Crippen LogP) is 2.45. The lowest BCUT2D eigenvalue weighted by Crippen LogP contribution is -2.28. The van der Waals surface area contributed by atoms with Crippen molar-refractivity contribution in [2.45, 2.75) is 25.7 Å². The summed E-state index contributed by atoms with van der Waals surface area (Å²) in [7, 11) is 0. The first-order chi connectivity index (χ1) is 10.1. The molecular formula is C14H18FN3O3. The van der Waals surface area contributed by atoms with Crippen molar-refractivity contribution in [2.24, 2.45) is 5.92 Å². The molecule has 7 heteroatoms. The highest BCUT2D eigenvalue weighted by Gasteiger charge is 2.16. The Morgan fingerprint density at radius 3 is 2.81 bits per heavy atom. The first-order valence-corrected chi connectivity index (χ1v) is 7.01. The van der Waals surface area contributed by atoms with Gasteiger partial charge in [0.1, 0.15) is 5.82 Å². The van der Waals surface area contributed by atoms with E-state index in [1.165, 1.54) is 0 Å². The van der Waals surface area contributed by atoms with Crippen LogP contribution in [0.1, 0.15) is 25.7 Å². The fourth-order valence-corrected chi connectivity index (χ4v) is 2.44. The van der Waals surface area contributed by atoms with Crippen LogP contribution in [-0.2, 0) is 4.79 Å². The fraction of sp³-hybridized carbons (Fsp3) is 0.500. The first kappa shape index (κ1) is 15.4. The molecule has 0 spiro atoms. The molecule has 1 saturated heterocycles. The highest BCUT2D eigenvalue weighted by Crippen LogP contribution is 2.22. The molecule has 0 aliphatic carbocycles. The Morgan fingerprint density at radius 1 is 1.43 bits per heavy atom. The van der Waals surface area contributed by atoms with Gasteiger partial charge in [0.15, 0.2) is 0 Å². The van der Waals surface area contributed by atoms with Crippen molar-refractivity contribution in [1.82, 2.24) is 5.32 Å². The number of carbonyl (C=O) groups excluding carboxylic acids is 1. The lowest BCUT2D eigenvalue weighted by molar-refractivity contribution is -0.384. The van der Waals surface area contributed by atoms with Crippen LogP contribution in [0.3, 0.4) is 0 Å². The van der Waals surface area contributed by atoms with E-state index in [4.69, 9.17) is 0 Å². The van der Waals surface area contributed by atoms with Gasteiger partial charge in [-0.1, -0.05) is 0 Å². The minimum absolute atomic E-state index is 0.139. The van der Waals surface area contributed by atoms with Crippen LogP contribution in [0.4, 0.5) is 15.8 Å². The Kier molecular flexibility index (Phi) is 5.21. The van der Waals surface area contributed by atoms with Crippen molar-refractivity contribution in [3.63, 3.8) is 0 Å². The maximum absolute atomic E-state index is 13.5. The Morgan fingerprint density at radius 2 is 2.14 bits per heavy atom. The minimum atomic E-state index is -0.671. The van der Waals surface area contributed by atoms with Gasteiger partial charge in [0.2, 0.25) is 5.91 Å². The van der Waals surface area contributed by atoms with Gasteiger partial charge < -0.3 is 10.6 Å². The van der Waals surface area contributed by atoms with E-state index in [1.807, 2.05) is 0 Å². The zero-order valence-electron chi connectivity index (χ0n) is 11.6. The van der Waals surface area contributed by atoms with Crippen LogP contribution >= 0.6 is 0 Å². The third-order valence-corrected chi connectivity index (χ3v) is 3.67. The van der Waals surface area contributed by atoms with E-state index in [1.54, 1.807) is 0 Å². The lowest BCUT2D eigenvalue weighted by atomic mass is 9.93. The second-order valence-electron chi connectivity index (χ2n) is 5.20. The number of nitrogens with one attached hydrogen (secondary N) is 2. The van der Waals surface area contributed by atoms with Crippen LogP contribution < -0.4 is 10.6 Å². The zero-order chi connectivity index (χ0) is 15.2. The molecule has 1 aromatic rings. The predicted molar refractivity (Wildman–Crippen MR) is 76.5 cm³/mol. The number of hydrogen-bond donors (Lipinski definition) is 2. The van der Waals surface area contributed by atoms with E-state index < -0.39 is 10.7 Å². The maximum Gasteiger partial charge on any atom is 0.271 e. The van der Waals surface area contributed by atoms with Crippen LogP contribution in [0.2, 0.25) is 0 Å². The van der Waals surface area contributed by atoms with Gasteiger partial charge in [-0.25, -0.2) is 4.39 Å². The SMILES string of the molecule is O=C(CCC1CCNCC1)Nc1cc([N+](=O)[O-])ccc1F. The number of non-ortho nitro benzene ring substituents is 1. The smallest absolute Gasteiger partial charge is 0.271 e. The number of rotatable bonds is 5. The molecule has 6 nitrogen and oxygen atoms in total. The third-order valence-electron chi connectivity index (χ3n) is 3.67. The van der Waals surface area contributed by atoms with Crippen LogP contribution in [-0.4, -0.2) is 23.9 Å². The van der Waals surface area contributed by atoms with Gasteiger partial charge in [-0.2, -0.15) is 0 Å². The summed E-state index contributed by atoms with van der Waals surface area (Å²) in [6, 6.07) is 3.10. The summed E-state index contributed by atoms with van der Waals surface area (Å²) in [4.78, 5) is 21.9. The molecule has 1 aliphatic rings. The largest absolute Gasteiger partial charge is 0.323 e. The molecule has 0 atom stereocenters. The number of halogens is 1. The average Bonchev–Trinajstić information content (AvgIpc) is 2.48. The van der Waals surface area contributed by atoms with Crippen molar-refractivity contribution in [3.8, 4) is 0 Å². The number of nitro groups is 1. The second-order valence-corrected chi connectivity index (χ2v) is 5.20. The Bertz CT molecular complexity index is 530. The van der Waals surface area contributed by atoms with Gasteiger partial charge in [-0.05, 0) is 44.3 Å². The van der Waals surface area contributed by atoms with E-state index in [9.17, 15) is 19.3 Å².